The molecule has 1 amide bonds. The number of rotatable bonds is 4. The predicted octanol–water partition coefficient (Wildman–Crippen LogP) is 0.0550. The largest absolute Gasteiger partial charge is 0.354 e. The SMILES string of the molecule is O=C(NCCn1cnc2c1CCNC2)C1CC1. The number of hydrogen-bond donors (Lipinski definition) is 2. The minimum Gasteiger partial charge on any atom is -0.354 e. The second-order valence-corrected chi connectivity index (χ2v) is 4.82. The number of fused-ring (bicyclic) bond motifs is 1. The van der Waals surface area contributed by atoms with Crippen LogP contribution in [0, 0.1) is 5.92 Å². The lowest BCUT2D eigenvalue weighted by Crippen LogP contribution is -2.30. The fourth-order valence-corrected chi connectivity index (χ4v) is 2.28. The Labute approximate surface area is 101 Å². The second kappa shape index (κ2) is 4.49. The number of carbonyl (C=O) groups excluding carboxylic acids is 1. The highest BCUT2D eigenvalue weighted by molar-refractivity contribution is 5.80. The molecule has 0 spiro atoms. The molecule has 3 rings (SSSR count). The molecule has 1 saturated carbocycles. The van der Waals surface area contributed by atoms with Crippen LogP contribution in [0.2, 0.25) is 0 Å². The van der Waals surface area contributed by atoms with Crippen LogP contribution in [0.5, 0.6) is 0 Å². The third-order valence-electron chi connectivity index (χ3n) is 3.46. The summed E-state index contributed by atoms with van der Waals surface area (Å²) in [6.07, 6.45) is 5.06. The Bertz CT molecular complexity index is 422. The highest BCUT2D eigenvalue weighted by atomic mass is 16.2. The van der Waals surface area contributed by atoms with Crippen molar-refractivity contribution in [3.05, 3.63) is 17.7 Å². The van der Waals surface area contributed by atoms with Gasteiger partial charge in [-0.3, -0.25) is 4.79 Å². The molecule has 5 nitrogen and oxygen atoms in total. The van der Waals surface area contributed by atoms with Gasteiger partial charge in [-0.2, -0.15) is 0 Å². The van der Waals surface area contributed by atoms with E-state index >= 15 is 0 Å². The van der Waals surface area contributed by atoms with Crippen molar-refractivity contribution in [1.29, 1.82) is 0 Å². The third-order valence-corrected chi connectivity index (χ3v) is 3.46. The Morgan fingerprint density at radius 2 is 2.47 bits per heavy atom. The van der Waals surface area contributed by atoms with Gasteiger partial charge in [-0.1, -0.05) is 0 Å². The zero-order chi connectivity index (χ0) is 11.7. The van der Waals surface area contributed by atoms with Crippen LogP contribution >= 0.6 is 0 Å². The van der Waals surface area contributed by atoms with Crippen LogP contribution in [0.4, 0.5) is 0 Å². The Balaban J connectivity index is 1.54. The first-order chi connectivity index (χ1) is 8.34. The van der Waals surface area contributed by atoms with E-state index in [9.17, 15) is 4.79 Å². The number of imidazole rings is 1. The molecule has 2 aliphatic rings. The monoisotopic (exact) mass is 234 g/mol. The van der Waals surface area contributed by atoms with Gasteiger partial charge in [0, 0.05) is 44.2 Å². The number of aromatic nitrogens is 2. The predicted molar refractivity (Wildman–Crippen MR) is 63.4 cm³/mol. The summed E-state index contributed by atoms with van der Waals surface area (Å²) in [5.74, 6) is 0.525. The molecule has 0 bridgehead atoms. The summed E-state index contributed by atoms with van der Waals surface area (Å²) in [5, 5.41) is 6.29. The van der Waals surface area contributed by atoms with Gasteiger partial charge in [0.15, 0.2) is 0 Å². The molecule has 1 aromatic rings. The third kappa shape index (κ3) is 2.34. The Morgan fingerprint density at radius 1 is 1.59 bits per heavy atom. The van der Waals surface area contributed by atoms with E-state index in [0.29, 0.717) is 12.5 Å². The smallest absolute Gasteiger partial charge is 0.223 e. The molecule has 1 aliphatic carbocycles. The average molecular weight is 234 g/mol. The van der Waals surface area contributed by atoms with Gasteiger partial charge in [0.25, 0.3) is 0 Å². The topological polar surface area (TPSA) is 59.0 Å². The van der Waals surface area contributed by atoms with Crippen molar-refractivity contribution < 1.29 is 4.79 Å². The molecule has 0 radical (unpaired) electrons. The maximum atomic E-state index is 11.5. The summed E-state index contributed by atoms with van der Waals surface area (Å²) in [6, 6.07) is 0. The van der Waals surface area contributed by atoms with Gasteiger partial charge in [0.05, 0.1) is 12.0 Å². The maximum Gasteiger partial charge on any atom is 0.223 e. The number of carbonyl (C=O) groups is 1. The molecule has 2 heterocycles. The van der Waals surface area contributed by atoms with Gasteiger partial charge >= 0.3 is 0 Å². The second-order valence-electron chi connectivity index (χ2n) is 4.82. The molecular formula is C12H18N4O. The van der Waals surface area contributed by atoms with E-state index in [1.54, 1.807) is 0 Å². The minimum absolute atomic E-state index is 0.223. The zero-order valence-electron chi connectivity index (χ0n) is 9.91. The van der Waals surface area contributed by atoms with Gasteiger partial charge in [0.1, 0.15) is 0 Å². The molecule has 5 heteroatoms. The van der Waals surface area contributed by atoms with Crippen molar-refractivity contribution in [3.8, 4) is 0 Å². The van der Waals surface area contributed by atoms with Crippen molar-refractivity contribution in [2.24, 2.45) is 5.92 Å². The molecule has 1 aliphatic heterocycles. The standard InChI is InChI=1S/C12H18N4O/c17-12(9-1-2-9)14-5-6-16-8-15-10-7-13-4-3-11(10)16/h8-9,13H,1-7H2,(H,14,17). The van der Waals surface area contributed by atoms with Crippen LogP contribution in [0.25, 0.3) is 0 Å². The van der Waals surface area contributed by atoms with Crippen LogP contribution in [-0.2, 0) is 24.3 Å². The number of nitrogens with zero attached hydrogens (tertiary/aromatic N) is 2. The summed E-state index contributed by atoms with van der Waals surface area (Å²) in [4.78, 5) is 15.9. The lowest BCUT2D eigenvalue weighted by atomic mass is 10.2. The Morgan fingerprint density at radius 3 is 3.29 bits per heavy atom. The highest BCUT2D eigenvalue weighted by Crippen LogP contribution is 2.28. The van der Waals surface area contributed by atoms with Gasteiger partial charge in [-0.05, 0) is 12.8 Å². The molecule has 2 N–H and O–H groups in total. The Kier molecular flexibility index (Phi) is 2.84. The van der Waals surface area contributed by atoms with Crippen molar-refractivity contribution in [2.75, 3.05) is 13.1 Å². The Hall–Kier alpha value is -1.36. The summed E-state index contributed by atoms with van der Waals surface area (Å²) in [7, 11) is 0. The van der Waals surface area contributed by atoms with Crippen LogP contribution in [0.1, 0.15) is 24.2 Å². The molecule has 1 fully saturated rings. The highest BCUT2D eigenvalue weighted by Gasteiger charge is 2.29. The van der Waals surface area contributed by atoms with Crippen LogP contribution in [-0.4, -0.2) is 28.5 Å². The molecule has 17 heavy (non-hydrogen) atoms. The summed E-state index contributed by atoms with van der Waals surface area (Å²) in [6.45, 7) is 3.44. The summed E-state index contributed by atoms with van der Waals surface area (Å²) < 4.78 is 2.17. The lowest BCUT2D eigenvalue weighted by Gasteiger charge is -2.15. The number of nitrogens with one attached hydrogen (secondary N) is 2. The first-order valence-corrected chi connectivity index (χ1v) is 6.36. The van der Waals surface area contributed by atoms with Crippen LogP contribution < -0.4 is 10.6 Å². The van der Waals surface area contributed by atoms with E-state index in [0.717, 1.165) is 44.6 Å². The van der Waals surface area contributed by atoms with Gasteiger partial charge in [0.2, 0.25) is 5.91 Å². The first kappa shape index (κ1) is 10.8. The lowest BCUT2D eigenvalue weighted by molar-refractivity contribution is -0.122. The number of hydrogen-bond acceptors (Lipinski definition) is 3. The van der Waals surface area contributed by atoms with Crippen molar-refractivity contribution in [3.63, 3.8) is 0 Å². The van der Waals surface area contributed by atoms with E-state index in [4.69, 9.17) is 0 Å². The van der Waals surface area contributed by atoms with Gasteiger partial charge in [-0.15, -0.1) is 0 Å². The maximum absolute atomic E-state index is 11.5. The summed E-state index contributed by atoms with van der Waals surface area (Å²) >= 11 is 0. The molecule has 1 aromatic heterocycles. The van der Waals surface area contributed by atoms with Crippen molar-refractivity contribution in [2.45, 2.75) is 32.4 Å². The summed E-state index contributed by atoms with van der Waals surface area (Å²) in [5.41, 5.74) is 2.48. The van der Waals surface area contributed by atoms with E-state index < -0.39 is 0 Å². The van der Waals surface area contributed by atoms with E-state index in [-0.39, 0.29) is 5.91 Å². The fourth-order valence-electron chi connectivity index (χ4n) is 2.28. The molecule has 0 aromatic carbocycles. The van der Waals surface area contributed by atoms with E-state index in [1.165, 1.54) is 5.69 Å². The molecule has 0 atom stereocenters. The average Bonchev–Trinajstić information content (AvgIpc) is 3.12. The van der Waals surface area contributed by atoms with E-state index in [1.807, 2.05) is 6.33 Å². The first-order valence-electron chi connectivity index (χ1n) is 6.36. The van der Waals surface area contributed by atoms with Gasteiger partial charge < -0.3 is 15.2 Å². The van der Waals surface area contributed by atoms with Crippen molar-refractivity contribution in [1.82, 2.24) is 20.2 Å². The molecule has 92 valence electrons. The molecule has 0 unspecified atom stereocenters. The van der Waals surface area contributed by atoms with E-state index in [2.05, 4.69) is 20.2 Å². The fraction of sp³-hybridized carbons (Fsp3) is 0.667. The quantitative estimate of drug-likeness (QED) is 0.774. The molecular weight excluding hydrogens is 216 g/mol. The molecule has 0 saturated heterocycles. The zero-order valence-corrected chi connectivity index (χ0v) is 9.91. The van der Waals surface area contributed by atoms with Crippen LogP contribution in [0.15, 0.2) is 6.33 Å². The van der Waals surface area contributed by atoms with Crippen molar-refractivity contribution >= 4 is 5.91 Å². The number of amides is 1. The van der Waals surface area contributed by atoms with Gasteiger partial charge in [-0.25, -0.2) is 4.98 Å². The van der Waals surface area contributed by atoms with Crippen LogP contribution in [0.3, 0.4) is 0 Å². The minimum atomic E-state index is 0.223. The normalized spacial score (nSPS) is 18.8.